The highest BCUT2D eigenvalue weighted by molar-refractivity contribution is 4.93. The summed E-state index contributed by atoms with van der Waals surface area (Å²) < 4.78 is 16.3. The fourth-order valence-electron chi connectivity index (χ4n) is 1.83. The van der Waals surface area contributed by atoms with Crippen LogP contribution in [0.5, 0.6) is 0 Å². The van der Waals surface area contributed by atoms with Crippen LogP contribution in [0, 0.1) is 0 Å². The monoisotopic (exact) mass is 215 g/mol. The molecule has 84 valence electrons. The highest BCUT2D eigenvalue weighted by atomic mass is 16.8. The Labute approximate surface area is 86.6 Å². The van der Waals surface area contributed by atoms with Crippen LogP contribution in [0.1, 0.15) is 13.8 Å². The number of fused-ring (bicyclic) bond motifs is 1. The lowest BCUT2D eigenvalue weighted by molar-refractivity contribution is -0.213. The Morgan fingerprint density at radius 3 is 2.80 bits per heavy atom. The van der Waals surface area contributed by atoms with Crippen LogP contribution >= 0.6 is 0 Å². The third kappa shape index (κ3) is 1.92. The molecule has 0 amide bonds. The van der Waals surface area contributed by atoms with Gasteiger partial charge in [-0.15, -0.1) is 0 Å². The van der Waals surface area contributed by atoms with E-state index < -0.39 is 30.4 Å². The van der Waals surface area contributed by atoms with Gasteiger partial charge in [-0.3, -0.25) is 0 Å². The smallest absolute Gasteiger partial charge is 0.190 e. The van der Waals surface area contributed by atoms with E-state index in [4.69, 9.17) is 19.7 Å². The molecule has 1 N–H and O–H groups in total. The predicted octanol–water partition coefficient (Wildman–Crippen LogP) is 0.534. The van der Waals surface area contributed by atoms with E-state index in [1.807, 2.05) is 0 Å². The van der Waals surface area contributed by atoms with Crippen molar-refractivity contribution in [2.45, 2.75) is 44.2 Å². The Morgan fingerprint density at radius 1 is 1.47 bits per heavy atom. The average molecular weight is 215 g/mol. The number of aliphatic hydroxyl groups is 1. The van der Waals surface area contributed by atoms with Crippen molar-refractivity contribution in [2.24, 2.45) is 5.11 Å². The van der Waals surface area contributed by atoms with Crippen molar-refractivity contribution in [2.75, 3.05) is 6.54 Å². The van der Waals surface area contributed by atoms with Gasteiger partial charge in [-0.1, -0.05) is 5.11 Å². The molecular formula is C8H13N3O4. The van der Waals surface area contributed by atoms with E-state index in [2.05, 4.69) is 10.0 Å². The molecule has 2 aliphatic heterocycles. The maximum absolute atomic E-state index is 9.80. The van der Waals surface area contributed by atoms with Crippen molar-refractivity contribution in [3.05, 3.63) is 10.4 Å². The first-order valence-electron chi connectivity index (χ1n) is 4.73. The Bertz CT molecular complexity index is 302. The van der Waals surface area contributed by atoms with Gasteiger partial charge in [0.15, 0.2) is 12.1 Å². The molecule has 0 aliphatic carbocycles. The molecule has 0 spiro atoms. The number of azide groups is 1. The van der Waals surface area contributed by atoms with Crippen molar-refractivity contribution in [1.82, 2.24) is 0 Å². The summed E-state index contributed by atoms with van der Waals surface area (Å²) in [4.78, 5) is 2.61. The second kappa shape index (κ2) is 3.62. The molecule has 2 heterocycles. The van der Waals surface area contributed by atoms with Crippen LogP contribution in [-0.4, -0.2) is 42.0 Å². The molecule has 0 saturated carbocycles. The SMILES string of the molecule is CC1(C)O[C@H]2OC(CN=[N+]=[N-])[C@H](O)[C@H]2O1. The van der Waals surface area contributed by atoms with Gasteiger partial charge in [-0.05, 0) is 19.4 Å². The topological polar surface area (TPSA) is 96.7 Å². The number of aliphatic hydroxyl groups excluding tert-OH is 1. The first kappa shape index (κ1) is 10.7. The maximum atomic E-state index is 9.80. The third-order valence-corrected chi connectivity index (χ3v) is 2.44. The van der Waals surface area contributed by atoms with E-state index in [1.165, 1.54) is 0 Å². The lowest BCUT2D eigenvalue weighted by Gasteiger charge is -2.21. The molecule has 0 aromatic rings. The molecule has 15 heavy (non-hydrogen) atoms. The van der Waals surface area contributed by atoms with Crippen LogP contribution < -0.4 is 0 Å². The number of hydrogen-bond donors (Lipinski definition) is 1. The van der Waals surface area contributed by atoms with E-state index in [-0.39, 0.29) is 6.54 Å². The Balaban J connectivity index is 2.01. The maximum Gasteiger partial charge on any atom is 0.190 e. The summed E-state index contributed by atoms with van der Waals surface area (Å²) >= 11 is 0. The van der Waals surface area contributed by atoms with Gasteiger partial charge >= 0.3 is 0 Å². The number of ether oxygens (including phenoxy) is 3. The molecule has 0 bridgehead atoms. The minimum absolute atomic E-state index is 0.0812. The standard InChI is InChI=1S/C8H13N3O4/c1-8(2)14-6-5(12)4(3-10-11-9)13-7(6)15-8/h4-7,12H,3H2,1-2H3/t4?,5-,6+,7+/m0/s1. The lowest BCUT2D eigenvalue weighted by atomic mass is 10.1. The van der Waals surface area contributed by atoms with Crippen molar-refractivity contribution >= 4 is 0 Å². The van der Waals surface area contributed by atoms with Crippen LogP contribution in [0.3, 0.4) is 0 Å². The van der Waals surface area contributed by atoms with E-state index in [1.54, 1.807) is 13.8 Å². The fraction of sp³-hybridized carbons (Fsp3) is 1.00. The average Bonchev–Trinajstić information content (AvgIpc) is 2.58. The van der Waals surface area contributed by atoms with E-state index in [9.17, 15) is 5.11 Å². The summed E-state index contributed by atoms with van der Waals surface area (Å²) in [6.07, 6.45) is -2.44. The quantitative estimate of drug-likeness (QED) is 0.413. The number of hydrogen-bond acceptors (Lipinski definition) is 5. The highest BCUT2D eigenvalue weighted by Crippen LogP contribution is 2.37. The van der Waals surface area contributed by atoms with Crippen LogP contribution in [-0.2, 0) is 14.2 Å². The second-order valence-electron chi connectivity index (χ2n) is 4.05. The summed E-state index contributed by atoms with van der Waals surface area (Å²) in [5, 5.41) is 13.2. The largest absolute Gasteiger partial charge is 0.387 e. The summed E-state index contributed by atoms with van der Waals surface area (Å²) in [5.74, 6) is -0.736. The van der Waals surface area contributed by atoms with Crippen molar-refractivity contribution in [3.63, 3.8) is 0 Å². The summed E-state index contributed by atoms with van der Waals surface area (Å²) in [6, 6.07) is 0. The van der Waals surface area contributed by atoms with Gasteiger partial charge in [0.25, 0.3) is 0 Å². The Kier molecular flexibility index (Phi) is 2.57. The number of nitrogens with zero attached hydrogens (tertiary/aromatic N) is 3. The van der Waals surface area contributed by atoms with Gasteiger partial charge in [-0.25, -0.2) is 0 Å². The Morgan fingerprint density at radius 2 is 2.20 bits per heavy atom. The van der Waals surface area contributed by atoms with Crippen LogP contribution in [0.4, 0.5) is 0 Å². The molecule has 0 aromatic heterocycles. The first-order valence-corrected chi connectivity index (χ1v) is 4.73. The minimum Gasteiger partial charge on any atom is -0.387 e. The molecule has 2 rings (SSSR count). The normalized spacial score (nSPS) is 42.3. The number of rotatable bonds is 2. The molecule has 4 atom stereocenters. The highest BCUT2D eigenvalue weighted by Gasteiger charge is 2.53. The van der Waals surface area contributed by atoms with Crippen molar-refractivity contribution < 1.29 is 19.3 Å². The van der Waals surface area contributed by atoms with Gasteiger partial charge in [0.05, 0.1) is 12.6 Å². The molecule has 7 nitrogen and oxygen atoms in total. The first-order chi connectivity index (χ1) is 7.03. The molecule has 2 saturated heterocycles. The van der Waals surface area contributed by atoms with Gasteiger partial charge < -0.3 is 19.3 Å². The predicted molar refractivity (Wildman–Crippen MR) is 48.7 cm³/mol. The molecule has 2 aliphatic rings. The van der Waals surface area contributed by atoms with Crippen molar-refractivity contribution in [1.29, 1.82) is 0 Å². The zero-order valence-electron chi connectivity index (χ0n) is 8.53. The summed E-state index contributed by atoms with van der Waals surface area (Å²) in [7, 11) is 0. The second-order valence-corrected chi connectivity index (χ2v) is 4.05. The lowest BCUT2D eigenvalue weighted by Crippen LogP contribution is -2.35. The van der Waals surface area contributed by atoms with Crippen molar-refractivity contribution in [3.8, 4) is 0 Å². The zero-order valence-corrected chi connectivity index (χ0v) is 8.53. The van der Waals surface area contributed by atoms with Crippen LogP contribution in [0.15, 0.2) is 5.11 Å². The van der Waals surface area contributed by atoms with Crippen LogP contribution in [0.2, 0.25) is 0 Å². The molecule has 7 heteroatoms. The molecule has 0 radical (unpaired) electrons. The third-order valence-electron chi connectivity index (χ3n) is 2.44. The van der Waals surface area contributed by atoms with Gasteiger partial charge in [0.1, 0.15) is 12.2 Å². The van der Waals surface area contributed by atoms with Crippen LogP contribution in [0.25, 0.3) is 10.4 Å². The molecular weight excluding hydrogens is 202 g/mol. The summed E-state index contributed by atoms with van der Waals surface area (Å²) in [6.45, 7) is 3.59. The van der Waals surface area contributed by atoms with E-state index in [0.717, 1.165) is 0 Å². The zero-order chi connectivity index (χ0) is 11.1. The molecule has 2 fully saturated rings. The Hall–Kier alpha value is -0.850. The van der Waals surface area contributed by atoms with E-state index in [0.29, 0.717) is 0 Å². The van der Waals surface area contributed by atoms with Gasteiger partial charge in [0.2, 0.25) is 0 Å². The molecule has 0 aromatic carbocycles. The van der Waals surface area contributed by atoms with Gasteiger partial charge in [-0.2, -0.15) is 0 Å². The summed E-state index contributed by atoms with van der Waals surface area (Å²) in [5.41, 5.74) is 8.16. The molecule has 1 unspecified atom stereocenters. The minimum atomic E-state index is -0.817. The van der Waals surface area contributed by atoms with E-state index >= 15 is 0 Å². The fourth-order valence-corrected chi connectivity index (χ4v) is 1.83. The van der Waals surface area contributed by atoms with Gasteiger partial charge in [0, 0.05) is 4.91 Å².